The minimum atomic E-state index is 0.647. The number of rotatable bonds is 7. The van der Waals surface area contributed by atoms with E-state index < -0.39 is 0 Å². The van der Waals surface area contributed by atoms with Crippen molar-refractivity contribution >= 4 is 0 Å². The van der Waals surface area contributed by atoms with E-state index in [0.717, 1.165) is 12.0 Å². The van der Waals surface area contributed by atoms with Crippen LogP contribution >= 0.6 is 0 Å². The van der Waals surface area contributed by atoms with E-state index in [0.29, 0.717) is 6.04 Å². The van der Waals surface area contributed by atoms with E-state index in [1.807, 2.05) is 0 Å². The van der Waals surface area contributed by atoms with Gasteiger partial charge in [0.25, 0.3) is 0 Å². The Hall–Kier alpha value is -0.0400. The van der Waals surface area contributed by atoms with Gasteiger partial charge >= 0.3 is 0 Å². The van der Waals surface area contributed by atoms with Gasteiger partial charge in [-0.3, -0.25) is 0 Å². The van der Waals surface area contributed by atoms with Crippen molar-refractivity contribution in [1.29, 1.82) is 0 Å². The smallest absolute Gasteiger partial charge is 0.00720 e. The summed E-state index contributed by atoms with van der Waals surface area (Å²) in [5, 5.41) is 3.74. The third kappa shape index (κ3) is 5.55. The molecular weight excluding hydrogens is 182 g/mol. The zero-order chi connectivity index (χ0) is 11.1. The number of nitrogens with one attached hydrogen (secondary N) is 1. The van der Waals surface area contributed by atoms with Crippen molar-refractivity contribution in [3.63, 3.8) is 0 Å². The van der Waals surface area contributed by atoms with Crippen molar-refractivity contribution in [1.82, 2.24) is 5.32 Å². The van der Waals surface area contributed by atoms with Crippen LogP contribution in [0.15, 0.2) is 0 Å². The molecule has 0 heterocycles. The lowest BCUT2D eigenvalue weighted by molar-refractivity contribution is 0.344. The summed E-state index contributed by atoms with van der Waals surface area (Å²) in [6.07, 6.45) is 11.5. The summed E-state index contributed by atoms with van der Waals surface area (Å²) in [6.45, 7) is 6.84. The summed E-state index contributed by atoms with van der Waals surface area (Å²) >= 11 is 0. The highest BCUT2D eigenvalue weighted by Gasteiger charge is 2.19. The molecule has 0 aromatic carbocycles. The molecule has 0 bridgehead atoms. The second kappa shape index (κ2) is 7.27. The largest absolute Gasteiger partial charge is 0.312 e. The molecule has 1 aliphatic carbocycles. The summed E-state index contributed by atoms with van der Waals surface area (Å²) in [5.41, 5.74) is 0. The standard InChI is InChI=1S/C14H29N/c1-4-5-10-14(15-12(2)3)11-13-8-6-7-9-13/h12-15H,4-11H2,1-3H3. The van der Waals surface area contributed by atoms with Gasteiger partial charge < -0.3 is 5.32 Å². The zero-order valence-electron chi connectivity index (χ0n) is 10.9. The van der Waals surface area contributed by atoms with E-state index in [1.54, 1.807) is 0 Å². The van der Waals surface area contributed by atoms with Crippen molar-refractivity contribution in [2.45, 2.75) is 84.2 Å². The topological polar surface area (TPSA) is 12.0 Å². The molecular formula is C14H29N. The predicted octanol–water partition coefficient (Wildman–Crippen LogP) is 4.12. The molecule has 1 aliphatic rings. The molecule has 1 N–H and O–H groups in total. The van der Waals surface area contributed by atoms with Gasteiger partial charge in [0.05, 0.1) is 0 Å². The Bertz CT molecular complexity index is 147. The fourth-order valence-corrected chi connectivity index (χ4v) is 2.84. The quantitative estimate of drug-likeness (QED) is 0.668. The Morgan fingerprint density at radius 2 is 1.87 bits per heavy atom. The lowest BCUT2D eigenvalue weighted by Gasteiger charge is -2.24. The van der Waals surface area contributed by atoms with E-state index in [2.05, 4.69) is 26.1 Å². The molecule has 0 radical (unpaired) electrons. The Balaban J connectivity index is 2.26. The zero-order valence-corrected chi connectivity index (χ0v) is 10.9. The SMILES string of the molecule is CCCCC(CC1CCCC1)NC(C)C. The second-order valence-corrected chi connectivity index (χ2v) is 5.55. The van der Waals surface area contributed by atoms with E-state index in [4.69, 9.17) is 0 Å². The third-order valence-corrected chi connectivity index (χ3v) is 3.57. The normalized spacial score (nSPS) is 20.0. The van der Waals surface area contributed by atoms with Gasteiger partial charge in [-0.2, -0.15) is 0 Å². The van der Waals surface area contributed by atoms with Gasteiger partial charge in [-0.1, -0.05) is 59.3 Å². The van der Waals surface area contributed by atoms with Gasteiger partial charge in [0.1, 0.15) is 0 Å². The average molecular weight is 211 g/mol. The first-order valence-electron chi connectivity index (χ1n) is 6.98. The van der Waals surface area contributed by atoms with Crippen LogP contribution in [-0.2, 0) is 0 Å². The van der Waals surface area contributed by atoms with Gasteiger partial charge in [0.15, 0.2) is 0 Å². The highest BCUT2D eigenvalue weighted by molar-refractivity contribution is 4.76. The molecule has 0 aliphatic heterocycles. The van der Waals surface area contributed by atoms with Crippen LogP contribution < -0.4 is 5.32 Å². The molecule has 0 amide bonds. The first kappa shape index (κ1) is 13.0. The summed E-state index contributed by atoms with van der Waals surface area (Å²) in [4.78, 5) is 0. The monoisotopic (exact) mass is 211 g/mol. The van der Waals surface area contributed by atoms with Crippen LogP contribution in [0.4, 0.5) is 0 Å². The van der Waals surface area contributed by atoms with E-state index in [9.17, 15) is 0 Å². The molecule has 0 aromatic rings. The highest BCUT2D eigenvalue weighted by atomic mass is 14.9. The van der Waals surface area contributed by atoms with Crippen LogP contribution in [-0.4, -0.2) is 12.1 Å². The number of unbranched alkanes of at least 4 members (excludes halogenated alkanes) is 1. The van der Waals surface area contributed by atoms with E-state index in [-0.39, 0.29) is 0 Å². The molecule has 0 saturated heterocycles. The fraction of sp³-hybridized carbons (Fsp3) is 1.00. The molecule has 1 saturated carbocycles. The first-order chi connectivity index (χ1) is 7.22. The van der Waals surface area contributed by atoms with Gasteiger partial charge in [-0.05, 0) is 18.8 Å². The van der Waals surface area contributed by atoms with Crippen LogP contribution in [0.2, 0.25) is 0 Å². The maximum Gasteiger partial charge on any atom is 0.00720 e. The van der Waals surface area contributed by atoms with Gasteiger partial charge in [-0.25, -0.2) is 0 Å². The number of hydrogen-bond donors (Lipinski definition) is 1. The van der Waals surface area contributed by atoms with Crippen LogP contribution in [0, 0.1) is 5.92 Å². The van der Waals surface area contributed by atoms with Crippen molar-refractivity contribution in [3.05, 3.63) is 0 Å². The van der Waals surface area contributed by atoms with Crippen LogP contribution in [0.5, 0.6) is 0 Å². The molecule has 90 valence electrons. The van der Waals surface area contributed by atoms with E-state index in [1.165, 1.54) is 51.4 Å². The molecule has 0 aromatic heterocycles. The van der Waals surface area contributed by atoms with Crippen LogP contribution in [0.1, 0.15) is 72.1 Å². The molecule has 1 unspecified atom stereocenters. The minimum absolute atomic E-state index is 0.647. The van der Waals surface area contributed by atoms with Crippen LogP contribution in [0.3, 0.4) is 0 Å². The molecule has 1 atom stereocenters. The van der Waals surface area contributed by atoms with Gasteiger partial charge in [0.2, 0.25) is 0 Å². The number of hydrogen-bond acceptors (Lipinski definition) is 1. The maximum atomic E-state index is 3.74. The molecule has 1 fully saturated rings. The lowest BCUT2D eigenvalue weighted by atomic mass is 9.94. The Morgan fingerprint density at radius 3 is 2.40 bits per heavy atom. The fourth-order valence-electron chi connectivity index (χ4n) is 2.84. The summed E-state index contributed by atoms with van der Waals surface area (Å²) < 4.78 is 0. The van der Waals surface area contributed by atoms with Gasteiger partial charge in [0, 0.05) is 12.1 Å². The highest BCUT2D eigenvalue weighted by Crippen LogP contribution is 2.29. The summed E-state index contributed by atoms with van der Waals surface area (Å²) in [6, 6.07) is 1.43. The predicted molar refractivity (Wildman–Crippen MR) is 68.2 cm³/mol. The van der Waals surface area contributed by atoms with Crippen molar-refractivity contribution < 1.29 is 0 Å². The Morgan fingerprint density at radius 1 is 1.20 bits per heavy atom. The third-order valence-electron chi connectivity index (χ3n) is 3.57. The average Bonchev–Trinajstić information content (AvgIpc) is 2.66. The van der Waals surface area contributed by atoms with Crippen molar-refractivity contribution in [3.8, 4) is 0 Å². The van der Waals surface area contributed by atoms with Crippen LogP contribution in [0.25, 0.3) is 0 Å². The molecule has 15 heavy (non-hydrogen) atoms. The molecule has 1 nitrogen and oxygen atoms in total. The Labute approximate surface area is 96.0 Å². The molecule has 1 heteroatoms. The summed E-state index contributed by atoms with van der Waals surface area (Å²) in [7, 11) is 0. The molecule has 1 rings (SSSR count). The summed E-state index contributed by atoms with van der Waals surface area (Å²) in [5.74, 6) is 1.03. The van der Waals surface area contributed by atoms with Crippen molar-refractivity contribution in [2.24, 2.45) is 5.92 Å². The van der Waals surface area contributed by atoms with Crippen molar-refractivity contribution in [2.75, 3.05) is 0 Å². The van der Waals surface area contributed by atoms with Gasteiger partial charge in [-0.15, -0.1) is 0 Å². The second-order valence-electron chi connectivity index (χ2n) is 5.55. The Kier molecular flexibility index (Phi) is 6.31. The van der Waals surface area contributed by atoms with E-state index >= 15 is 0 Å². The lowest BCUT2D eigenvalue weighted by Crippen LogP contribution is -2.36. The molecule has 0 spiro atoms. The minimum Gasteiger partial charge on any atom is -0.312 e. The first-order valence-corrected chi connectivity index (χ1v) is 6.98. The maximum absolute atomic E-state index is 3.74.